The zero-order valence-corrected chi connectivity index (χ0v) is 15.3. The van der Waals surface area contributed by atoms with Crippen molar-refractivity contribution in [3.05, 3.63) is 0 Å². The average molecular weight is 329 g/mol. The molecule has 0 aromatic carbocycles. The van der Waals surface area contributed by atoms with Gasteiger partial charge in [-0.25, -0.2) is 4.79 Å². The third kappa shape index (κ3) is 12.9. The van der Waals surface area contributed by atoms with Gasteiger partial charge in [-0.2, -0.15) is 0 Å². The highest BCUT2D eigenvalue weighted by Crippen LogP contribution is 2.08. The molecule has 0 radical (unpaired) electrons. The van der Waals surface area contributed by atoms with Crippen LogP contribution in [0.5, 0.6) is 0 Å². The number of esters is 1. The van der Waals surface area contributed by atoms with Crippen molar-refractivity contribution in [1.82, 2.24) is 4.90 Å². The molecule has 1 amide bonds. The monoisotopic (exact) mass is 329 g/mol. The van der Waals surface area contributed by atoms with E-state index >= 15 is 0 Å². The lowest BCUT2D eigenvalue weighted by Crippen LogP contribution is -2.36. The van der Waals surface area contributed by atoms with E-state index in [4.69, 9.17) is 9.47 Å². The molecule has 0 atom stereocenters. The molecule has 0 aliphatic heterocycles. The second-order valence-electron chi connectivity index (χ2n) is 5.82. The van der Waals surface area contributed by atoms with Crippen LogP contribution in [-0.4, -0.2) is 43.3 Å². The molecule has 0 spiro atoms. The van der Waals surface area contributed by atoms with E-state index in [1.807, 2.05) is 13.8 Å². The molecule has 0 fully saturated rings. The average Bonchev–Trinajstić information content (AvgIpc) is 2.56. The summed E-state index contributed by atoms with van der Waals surface area (Å²) in [5.41, 5.74) is 0. The van der Waals surface area contributed by atoms with Gasteiger partial charge >= 0.3 is 12.1 Å². The zero-order chi connectivity index (χ0) is 17.3. The second kappa shape index (κ2) is 15.6. The van der Waals surface area contributed by atoms with Crippen molar-refractivity contribution >= 4 is 12.1 Å². The maximum atomic E-state index is 11.7. The fourth-order valence-electron chi connectivity index (χ4n) is 2.21. The topological polar surface area (TPSA) is 55.8 Å². The number of hydrogen-bond donors (Lipinski definition) is 0. The molecule has 0 heterocycles. The van der Waals surface area contributed by atoms with Crippen molar-refractivity contribution in [2.75, 3.05) is 26.3 Å². The Hall–Kier alpha value is -1.26. The van der Waals surface area contributed by atoms with Crippen molar-refractivity contribution < 1.29 is 19.1 Å². The van der Waals surface area contributed by atoms with Gasteiger partial charge in [-0.05, 0) is 19.8 Å². The third-order valence-electron chi connectivity index (χ3n) is 3.65. The molecular weight excluding hydrogens is 294 g/mol. The van der Waals surface area contributed by atoms with Crippen molar-refractivity contribution in [3.8, 4) is 0 Å². The lowest BCUT2D eigenvalue weighted by atomic mass is 10.1. The lowest BCUT2D eigenvalue weighted by molar-refractivity contribution is -0.144. The molecule has 0 aliphatic rings. The van der Waals surface area contributed by atoms with Crippen molar-refractivity contribution in [3.63, 3.8) is 0 Å². The molecule has 0 saturated heterocycles. The highest BCUT2D eigenvalue weighted by molar-refractivity contribution is 5.78. The van der Waals surface area contributed by atoms with Crippen LogP contribution >= 0.6 is 0 Å². The van der Waals surface area contributed by atoms with E-state index in [2.05, 4.69) is 6.92 Å². The third-order valence-corrected chi connectivity index (χ3v) is 3.65. The first-order chi connectivity index (χ1) is 11.2. The van der Waals surface area contributed by atoms with Gasteiger partial charge in [0.2, 0.25) is 0 Å². The number of carbonyl (C=O) groups excluding carboxylic acids is 2. The van der Waals surface area contributed by atoms with E-state index in [0.29, 0.717) is 19.8 Å². The van der Waals surface area contributed by atoms with Crippen LogP contribution in [0, 0.1) is 0 Å². The van der Waals surface area contributed by atoms with Crippen molar-refractivity contribution in [1.29, 1.82) is 0 Å². The highest BCUT2D eigenvalue weighted by atomic mass is 16.6. The molecule has 5 heteroatoms. The fraction of sp³-hybridized carbons (Fsp3) is 0.889. The Morgan fingerprint density at radius 1 is 0.739 bits per heavy atom. The van der Waals surface area contributed by atoms with Crippen LogP contribution in [0.1, 0.15) is 78.6 Å². The Labute approximate surface area is 141 Å². The SMILES string of the molecule is CCCCCCCCCCOC(=O)CN(CC)C(=O)OCCC. The number of hydrogen-bond acceptors (Lipinski definition) is 4. The summed E-state index contributed by atoms with van der Waals surface area (Å²) in [6.45, 7) is 7.20. The Morgan fingerprint density at radius 3 is 1.91 bits per heavy atom. The molecule has 5 nitrogen and oxygen atoms in total. The molecule has 0 rings (SSSR count). The second-order valence-corrected chi connectivity index (χ2v) is 5.82. The summed E-state index contributed by atoms with van der Waals surface area (Å²) in [5.74, 6) is -0.358. The number of unbranched alkanes of at least 4 members (excludes halogenated alkanes) is 7. The van der Waals surface area contributed by atoms with Gasteiger partial charge in [0.25, 0.3) is 0 Å². The number of likely N-dealkylation sites (N-methyl/N-ethyl adjacent to an activating group) is 1. The van der Waals surface area contributed by atoms with Crippen molar-refractivity contribution in [2.24, 2.45) is 0 Å². The number of nitrogens with zero attached hydrogens (tertiary/aromatic N) is 1. The van der Waals surface area contributed by atoms with Gasteiger partial charge in [0, 0.05) is 6.54 Å². The molecule has 0 unspecified atom stereocenters. The molecule has 0 aliphatic carbocycles. The Balaban J connectivity index is 3.63. The molecule has 0 aromatic rings. The van der Waals surface area contributed by atoms with Gasteiger partial charge < -0.3 is 9.47 Å². The normalized spacial score (nSPS) is 10.4. The molecule has 0 saturated carbocycles. The molecule has 23 heavy (non-hydrogen) atoms. The van der Waals surface area contributed by atoms with Crippen LogP contribution in [0.15, 0.2) is 0 Å². The Morgan fingerprint density at radius 2 is 1.35 bits per heavy atom. The molecule has 136 valence electrons. The summed E-state index contributed by atoms with van der Waals surface area (Å²) in [6, 6.07) is 0. The number of carbonyl (C=O) groups is 2. The summed E-state index contributed by atoms with van der Waals surface area (Å²) in [4.78, 5) is 24.8. The first kappa shape index (κ1) is 21.7. The van der Waals surface area contributed by atoms with E-state index in [1.54, 1.807) is 0 Å². The Kier molecular flexibility index (Phi) is 14.8. The standard InChI is InChI=1S/C18H35NO4/c1-4-7-8-9-10-11-12-13-15-22-17(20)16-19(6-3)18(21)23-14-5-2/h4-16H2,1-3H3. The summed E-state index contributed by atoms with van der Waals surface area (Å²) >= 11 is 0. The van der Waals surface area contributed by atoms with Gasteiger partial charge in [0.15, 0.2) is 0 Å². The van der Waals surface area contributed by atoms with Crippen LogP contribution in [0.4, 0.5) is 4.79 Å². The number of ether oxygens (including phenoxy) is 2. The van der Waals surface area contributed by atoms with Crippen LogP contribution in [-0.2, 0) is 14.3 Å². The van der Waals surface area contributed by atoms with Crippen LogP contribution < -0.4 is 0 Å². The van der Waals surface area contributed by atoms with Crippen LogP contribution in [0.25, 0.3) is 0 Å². The lowest BCUT2D eigenvalue weighted by Gasteiger charge is -2.19. The van der Waals surface area contributed by atoms with E-state index < -0.39 is 6.09 Å². The summed E-state index contributed by atoms with van der Waals surface area (Å²) in [6.07, 6.45) is 10.0. The van der Waals surface area contributed by atoms with E-state index in [0.717, 1.165) is 19.3 Å². The molecule has 0 bridgehead atoms. The van der Waals surface area contributed by atoms with Gasteiger partial charge in [0.05, 0.1) is 13.2 Å². The minimum atomic E-state index is -0.446. The molecule has 0 N–H and O–H groups in total. The molecular formula is C18H35NO4. The highest BCUT2D eigenvalue weighted by Gasteiger charge is 2.17. The predicted molar refractivity (Wildman–Crippen MR) is 92.5 cm³/mol. The predicted octanol–water partition coefficient (Wildman–Crippen LogP) is 4.54. The Bertz CT molecular complexity index is 307. The summed E-state index contributed by atoms with van der Waals surface area (Å²) in [7, 11) is 0. The van der Waals surface area contributed by atoms with Crippen molar-refractivity contribution in [2.45, 2.75) is 78.6 Å². The van der Waals surface area contributed by atoms with E-state index in [-0.39, 0.29) is 12.5 Å². The number of rotatable bonds is 14. The van der Waals surface area contributed by atoms with E-state index in [1.165, 1.54) is 43.4 Å². The van der Waals surface area contributed by atoms with Gasteiger partial charge in [-0.1, -0.05) is 58.8 Å². The summed E-state index contributed by atoms with van der Waals surface area (Å²) < 4.78 is 10.2. The van der Waals surface area contributed by atoms with Gasteiger partial charge in [-0.15, -0.1) is 0 Å². The molecule has 0 aromatic heterocycles. The van der Waals surface area contributed by atoms with Crippen LogP contribution in [0.2, 0.25) is 0 Å². The van der Waals surface area contributed by atoms with Gasteiger partial charge in [-0.3, -0.25) is 9.69 Å². The van der Waals surface area contributed by atoms with E-state index in [9.17, 15) is 9.59 Å². The quantitative estimate of drug-likeness (QED) is 0.347. The van der Waals surface area contributed by atoms with Gasteiger partial charge in [0.1, 0.15) is 6.54 Å². The van der Waals surface area contributed by atoms with Crippen LogP contribution in [0.3, 0.4) is 0 Å². The first-order valence-corrected chi connectivity index (χ1v) is 9.22. The first-order valence-electron chi connectivity index (χ1n) is 9.22. The minimum absolute atomic E-state index is 0.0317. The maximum Gasteiger partial charge on any atom is 0.410 e. The number of amides is 1. The largest absolute Gasteiger partial charge is 0.464 e. The smallest absolute Gasteiger partial charge is 0.410 e. The summed E-state index contributed by atoms with van der Waals surface area (Å²) in [5, 5.41) is 0. The minimum Gasteiger partial charge on any atom is -0.464 e. The maximum absolute atomic E-state index is 11.7. The zero-order valence-electron chi connectivity index (χ0n) is 15.3. The fourth-order valence-corrected chi connectivity index (χ4v) is 2.21.